The molecule has 3 aromatic heterocycles. The van der Waals surface area contributed by atoms with Gasteiger partial charge in [0.1, 0.15) is 11.2 Å². The van der Waals surface area contributed by atoms with E-state index in [1.807, 2.05) is 25.3 Å². The van der Waals surface area contributed by atoms with Crippen LogP contribution in [-0.4, -0.2) is 25.6 Å². The molecule has 0 spiro atoms. The lowest BCUT2D eigenvalue weighted by molar-refractivity contribution is 0.842. The SMILES string of the molecule is Cc1cncc(-c2cc3ncn(C)c(=O)c3c(NC3CC3)n2)c1. The number of anilines is 1. The third-order valence-corrected chi connectivity index (χ3v) is 3.99. The first kappa shape index (κ1) is 13.9. The lowest BCUT2D eigenvalue weighted by Gasteiger charge is -2.11. The number of nitrogens with one attached hydrogen (secondary N) is 1. The average molecular weight is 307 g/mol. The van der Waals surface area contributed by atoms with Crippen LogP contribution in [0.3, 0.4) is 0 Å². The lowest BCUT2D eigenvalue weighted by Crippen LogP contribution is -2.19. The van der Waals surface area contributed by atoms with Gasteiger partial charge in [-0.2, -0.15) is 0 Å². The van der Waals surface area contributed by atoms with Crippen molar-refractivity contribution >= 4 is 16.7 Å². The van der Waals surface area contributed by atoms with Crippen molar-refractivity contribution in [2.45, 2.75) is 25.8 Å². The average Bonchev–Trinajstić information content (AvgIpc) is 3.34. The predicted octanol–water partition coefficient (Wildman–Crippen LogP) is 2.27. The van der Waals surface area contributed by atoms with Crippen LogP contribution in [0.15, 0.2) is 35.6 Å². The molecule has 0 unspecified atom stereocenters. The van der Waals surface area contributed by atoms with Crippen LogP contribution in [0, 0.1) is 6.92 Å². The lowest BCUT2D eigenvalue weighted by atomic mass is 10.1. The minimum absolute atomic E-state index is 0.0837. The molecule has 1 aliphatic rings. The smallest absolute Gasteiger partial charge is 0.264 e. The zero-order chi connectivity index (χ0) is 16.0. The number of nitrogens with zero attached hydrogens (tertiary/aromatic N) is 4. The van der Waals surface area contributed by atoms with Gasteiger partial charge < -0.3 is 9.88 Å². The first-order valence-corrected chi connectivity index (χ1v) is 7.67. The fraction of sp³-hybridized carbons (Fsp3) is 0.294. The fourth-order valence-corrected chi connectivity index (χ4v) is 2.59. The molecule has 0 bridgehead atoms. The van der Waals surface area contributed by atoms with Crippen molar-refractivity contribution in [2.24, 2.45) is 7.05 Å². The fourth-order valence-electron chi connectivity index (χ4n) is 2.59. The zero-order valence-electron chi connectivity index (χ0n) is 13.1. The van der Waals surface area contributed by atoms with Crippen LogP contribution >= 0.6 is 0 Å². The number of pyridine rings is 2. The molecule has 3 aromatic rings. The number of aromatic nitrogens is 4. The van der Waals surface area contributed by atoms with E-state index in [4.69, 9.17) is 0 Å². The molecule has 0 radical (unpaired) electrons. The van der Waals surface area contributed by atoms with E-state index < -0.39 is 0 Å². The molecule has 4 rings (SSSR count). The molecular weight excluding hydrogens is 290 g/mol. The summed E-state index contributed by atoms with van der Waals surface area (Å²) in [5.41, 5.74) is 3.34. The van der Waals surface area contributed by atoms with Crippen molar-refractivity contribution in [3.8, 4) is 11.3 Å². The third kappa shape index (κ3) is 2.56. The molecule has 23 heavy (non-hydrogen) atoms. The summed E-state index contributed by atoms with van der Waals surface area (Å²) in [7, 11) is 1.70. The van der Waals surface area contributed by atoms with Crippen molar-refractivity contribution < 1.29 is 0 Å². The molecule has 3 heterocycles. The molecule has 0 aliphatic heterocycles. The Bertz CT molecular complexity index is 959. The normalized spacial score (nSPS) is 14.2. The molecule has 0 atom stereocenters. The van der Waals surface area contributed by atoms with E-state index in [1.165, 1.54) is 4.57 Å². The molecule has 116 valence electrons. The highest BCUT2D eigenvalue weighted by atomic mass is 16.1. The molecule has 6 heteroatoms. The van der Waals surface area contributed by atoms with Crippen molar-refractivity contribution in [3.05, 3.63) is 46.8 Å². The monoisotopic (exact) mass is 307 g/mol. The summed E-state index contributed by atoms with van der Waals surface area (Å²) in [6.07, 6.45) is 7.36. The second kappa shape index (κ2) is 5.15. The zero-order valence-corrected chi connectivity index (χ0v) is 13.1. The largest absolute Gasteiger partial charge is 0.367 e. The highest BCUT2D eigenvalue weighted by molar-refractivity contribution is 5.91. The Balaban J connectivity index is 1.96. The molecule has 1 fully saturated rings. The summed E-state index contributed by atoms with van der Waals surface area (Å²) in [4.78, 5) is 25.8. The molecule has 1 saturated carbocycles. The van der Waals surface area contributed by atoms with Gasteiger partial charge in [-0.3, -0.25) is 9.78 Å². The van der Waals surface area contributed by atoms with Gasteiger partial charge in [-0.25, -0.2) is 9.97 Å². The van der Waals surface area contributed by atoms with Crippen LogP contribution in [0.4, 0.5) is 5.82 Å². The predicted molar refractivity (Wildman–Crippen MR) is 89.4 cm³/mol. The van der Waals surface area contributed by atoms with Gasteiger partial charge in [0, 0.05) is 31.0 Å². The first-order chi connectivity index (χ1) is 11.1. The van der Waals surface area contributed by atoms with Crippen molar-refractivity contribution in [1.82, 2.24) is 19.5 Å². The number of rotatable bonds is 3. The Kier molecular flexibility index (Phi) is 3.11. The maximum Gasteiger partial charge on any atom is 0.264 e. The van der Waals surface area contributed by atoms with Crippen LogP contribution in [0.1, 0.15) is 18.4 Å². The first-order valence-electron chi connectivity index (χ1n) is 7.67. The Morgan fingerprint density at radius 3 is 2.83 bits per heavy atom. The summed E-state index contributed by atoms with van der Waals surface area (Å²) >= 11 is 0. The van der Waals surface area contributed by atoms with E-state index in [1.54, 1.807) is 19.6 Å². The summed E-state index contributed by atoms with van der Waals surface area (Å²) in [6, 6.07) is 4.29. The van der Waals surface area contributed by atoms with Gasteiger partial charge in [-0.1, -0.05) is 0 Å². The van der Waals surface area contributed by atoms with Gasteiger partial charge in [0.25, 0.3) is 5.56 Å². The van der Waals surface area contributed by atoms with Crippen molar-refractivity contribution in [2.75, 3.05) is 5.32 Å². The van der Waals surface area contributed by atoms with Crippen LogP contribution in [0.2, 0.25) is 0 Å². The maximum atomic E-state index is 12.5. The van der Waals surface area contributed by atoms with Gasteiger partial charge >= 0.3 is 0 Å². The topological polar surface area (TPSA) is 72.7 Å². The van der Waals surface area contributed by atoms with E-state index in [9.17, 15) is 4.79 Å². The molecule has 1 aliphatic carbocycles. The summed E-state index contributed by atoms with van der Waals surface area (Å²) in [5.74, 6) is 0.621. The van der Waals surface area contributed by atoms with Crippen molar-refractivity contribution in [3.63, 3.8) is 0 Å². The minimum atomic E-state index is -0.0837. The number of hydrogen-bond acceptors (Lipinski definition) is 5. The maximum absolute atomic E-state index is 12.5. The number of aryl methyl sites for hydroxylation is 2. The van der Waals surface area contributed by atoms with E-state index in [0.29, 0.717) is 22.8 Å². The summed E-state index contributed by atoms with van der Waals surface area (Å²) in [6.45, 7) is 1.99. The van der Waals surface area contributed by atoms with E-state index >= 15 is 0 Å². The molecule has 1 N–H and O–H groups in total. The van der Waals surface area contributed by atoms with Crippen LogP contribution in [0.25, 0.3) is 22.2 Å². The van der Waals surface area contributed by atoms with E-state index in [0.717, 1.165) is 29.7 Å². The van der Waals surface area contributed by atoms with E-state index in [-0.39, 0.29) is 5.56 Å². The van der Waals surface area contributed by atoms with Gasteiger partial charge in [0.05, 0.1) is 17.5 Å². The third-order valence-electron chi connectivity index (χ3n) is 3.99. The summed E-state index contributed by atoms with van der Waals surface area (Å²) < 4.78 is 1.48. The molecule has 6 nitrogen and oxygen atoms in total. The van der Waals surface area contributed by atoms with Gasteiger partial charge in [0.2, 0.25) is 0 Å². The second-order valence-corrected chi connectivity index (χ2v) is 6.08. The van der Waals surface area contributed by atoms with Crippen LogP contribution in [0.5, 0.6) is 0 Å². The van der Waals surface area contributed by atoms with Crippen molar-refractivity contribution in [1.29, 1.82) is 0 Å². The Hall–Kier alpha value is -2.76. The Labute approximate surface area is 133 Å². The molecule has 0 aromatic carbocycles. The standard InChI is InChI=1S/C17H17N5O/c1-10-5-11(8-18-7-10)13-6-14-15(17(23)22(2)9-19-14)16(21-13)20-12-3-4-12/h5-9,12H,3-4H2,1-2H3,(H,20,21). The Morgan fingerprint density at radius 1 is 1.26 bits per heavy atom. The molecular formula is C17H17N5O. The second-order valence-electron chi connectivity index (χ2n) is 6.08. The Morgan fingerprint density at radius 2 is 2.09 bits per heavy atom. The van der Waals surface area contributed by atoms with E-state index in [2.05, 4.69) is 20.3 Å². The van der Waals surface area contributed by atoms with Gasteiger partial charge in [0.15, 0.2) is 0 Å². The van der Waals surface area contributed by atoms with Crippen LogP contribution < -0.4 is 10.9 Å². The molecule has 0 amide bonds. The van der Waals surface area contributed by atoms with Gasteiger partial charge in [-0.15, -0.1) is 0 Å². The minimum Gasteiger partial charge on any atom is -0.367 e. The number of hydrogen-bond donors (Lipinski definition) is 1. The summed E-state index contributed by atoms with van der Waals surface area (Å²) in [5, 5.41) is 3.91. The molecule has 0 saturated heterocycles. The van der Waals surface area contributed by atoms with Crippen LogP contribution in [-0.2, 0) is 7.05 Å². The highest BCUT2D eigenvalue weighted by Crippen LogP contribution is 2.29. The quantitative estimate of drug-likeness (QED) is 0.803. The number of fused-ring (bicyclic) bond motifs is 1. The van der Waals surface area contributed by atoms with Gasteiger partial charge in [-0.05, 0) is 37.5 Å². The highest BCUT2D eigenvalue weighted by Gasteiger charge is 2.24.